The van der Waals surface area contributed by atoms with E-state index >= 15 is 0 Å². The Morgan fingerprint density at radius 3 is 2.52 bits per heavy atom. The van der Waals surface area contributed by atoms with Crippen molar-refractivity contribution < 1.29 is 22.7 Å². The van der Waals surface area contributed by atoms with E-state index in [1.807, 2.05) is 6.92 Å². The summed E-state index contributed by atoms with van der Waals surface area (Å²) in [6.07, 6.45) is -4.06. The summed E-state index contributed by atoms with van der Waals surface area (Å²) in [5.74, 6) is -0.753. The fourth-order valence-corrected chi connectivity index (χ4v) is 3.79. The van der Waals surface area contributed by atoms with E-state index in [0.717, 1.165) is 30.3 Å². The molecule has 3 aromatic rings. The largest absolute Gasteiger partial charge is 0.573 e. The lowest BCUT2D eigenvalue weighted by atomic mass is 10.2. The van der Waals surface area contributed by atoms with E-state index in [1.165, 1.54) is 12.1 Å². The maximum absolute atomic E-state index is 12.8. The standard InChI is InChI=1S/C21H20F3N3O3S/c1-3-12-27-19(29)16-6-4-5-7-17(16)26-20(27)31-13(2)18(28)25-14-8-10-15(11-9-14)30-21(22,23)24/h4-11,13H,3,12H2,1-2H3,(H,25,28). The van der Waals surface area contributed by atoms with Crippen LogP contribution in [0.1, 0.15) is 20.3 Å². The van der Waals surface area contributed by atoms with Gasteiger partial charge in [0.2, 0.25) is 5.91 Å². The number of thioether (sulfide) groups is 1. The summed E-state index contributed by atoms with van der Waals surface area (Å²) in [5.41, 5.74) is 0.711. The van der Waals surface area contributed by atoms with E-state index in [1.54, 1.807) is 35.8 Å². The van der Waals surface area contributed by atoms with Crippen LogP contribution in [-0.2, 0) is 11.3 Å². The summed E-state index contributed by atoms with van der Waals surface area (Å²) < 4.78 is 42.1. The molecule has 10 heteroatoms. The Bertz CT molecular complexity index is 1130. The number of ether oxygens (including phenoxy) is 1. The number of anilines is 1. The van der Waals surface area contributed by atoms with Crippen LogP contribution in [-0.4, -0.2) is 27.1 Å². The van der Waals surface area contributed by atoms with Gasteiger partial charge in [-0.05, 0) is 49.7 Å². The third kappa shape index (κ3) is 5.78. The minimum absolute atomic E-state index is 0.164. The number of fused-ring (bicyclic) bond motifs is 1. The van der Waals surface area contributed by atoms with E-state index in [0.29, 0.717) is 28.3 Å². The first-order valence-electron chi connectivity index (χ1n) is 9.51. The van der Waals surface area contributed by atoms with E-state index < -0.39 is 11.6 Å². The molecule has 6 nitrogen and oxygen atoms in total. The number of benzene rings is 2. The summed E-state index contributed by atoms with van der Waals surface area (Å²) in [7, 11) is 0. The number of hydrogen-bond donors (Lipinski definition) is 1. The fraction of sp³-hybridized carbons (Fsp3) is 0.286. The second-order valence-corrected chi connectivity index (χ2v) is 8.00. The fourth-order valence-electron chi connectivity index (χ4n) is 2.85. The zero-order valence-corrected chi connectivity index (χ0v) is 17.6. The molecule has 3 rings (SSSR count). The van der Waals surface area contributed by atoms with Gasteiger partial charge in [-0.3, -0.25) is 14.2 Å². The number of carbonyl (C=O) groups is 1. The summed E-state index contributed by atoms with van der Waals surface area (Å²) in [6.45, 7) is 4.07. The van der Waals surface area contributed by atoms with Crippen LogP contribution in [0.15, 0.2) is 58.5 Å². The molecule has 0 aliphatic carbocycles. The minimum Gasteiger partial charge on any atom is -0.406 e. The van der Waals surface area contributed by atoms with Crippen molar-refractivity contribution >= 4 is 34.3 Å². The predicted molar refractivity (Wildman–Crippen MR) is 113 cm³/mol. The molecule has 0 spiro atoms. The molecule has 1 N–H and O–H groups in total. The quantitative estimate of drug-likeness (QED) is 0.412. The van der Waals surface area contributed by atoms with E-state index in [-0.39, 0.29) is 17.2 Å². The van der Waals surface area contributed by atoms with Gasteiger partial charge in [-0.1, -0.05) is 30.8 Å². The van der Waals surface area contributed by atoms with Crippen molar-refractivity contribution in [3.05, 3.63) is 58.9 Å². The van der Waals surface area contributed by atoms with Crippen molar-refractivity contribution in [2.24, 2.45) is 0 Å². The van der Waals surface area contributed by atoms with Gasteiger partial charge in [-0.2, -0.15) is 0 Å². The van der Waals surface area contributed by atoms with Crippen molar-refractivity contribution in [3.8, 4) is 5.75 Å². The number of rotatable bonds is 7. The lowest BCUT2D eigenvalue weighted by Gasteiger charge is -2.16. The Balaban J connectivity index is 1.75. The first-order chi connectivity index (χ1) is 14.7. The molecule has 0 aliphatic rings. The SMILES string of the molecule is CCCn1c(SC(C)C(=O)Nc2ccc(OC(F)(F)F)cc2)nc2ccccc2c1=O. The second kappa shape index (κ2) is 9.42. The average molecular weight is 451 g/mol. The van der Waals surface area contributed by atoms with Gasteiger partial charge in [-0.25, -0.2) is 4.98 Å². The number of para-hydroxylation sites is 1. The van der Waals surface area contributed by atoms with Gasteiger partial charge in [-0.15, -0.1) is 13.2 Å². The predicted octanol–water partition coefficient (Wildman–Crippen LogP) is 4.82. The summed E-state index contributed by atoms with van der Waals surface area (Å²) in [4.78, 5) is 30.0. The van der Waals surface area contributed by atoms with Crippen molar-refractivity contribution in [1.82, 2.24) is 9.55 Å². The number of alkyl halides is 3. The normalized spacial score (nSPS) is 12.5. The highest BCUT2D eigenvalue weighted by atomic mass is 32.2. The first-order valence-corrected chi connectivity index (χ1v) is 10.4. The molecule has 0 fully saturated rings. The number of amides is 1. The van der Waals surface area contributed by atoms with Crippen LogP contribution in [0.4, 0.5) is 18.9 Å². The molecule has 0 aliphatic heterocycles. The molecular weight excluding hydrogens is 431 g/mol. The van der Waals surface area contributed by atoms with Gasteiger partial charge in [0.05, 0.1) is 16.2 Å². The highest BCUT2D eigenvalue weighted by Crippen LogP contribution is 2.26. The van der Waals surface area contributed by atoms with Crippen LogP contribution in [0, 0.1) is 0 Å². The molecule has 164 valence electrons. The third-order valence-electron chi connectivity index (χ3n) is 4.28. The second-order valence-electron chi connectivity index (χ2n) is 6.69. The minimum atomic E-state index is -4.78. The molecule has 1 amide bonds. The highest BCUT2D eigenvalue weighted by molar-refractivity contribution is 8.00. The smallest absolute Gasteiger partial charge is 0.406 e. The molecule has 0 saturated heterocycles. The van der Waals surface area contributed by atoms with Crippen LogP contribution in [0.25, 0.3) is 10.9 Å². The zero-order valence-electron chi connectivity index (χ0n) is 16.8. The van der Waals surface area contributed by atoms with E-state index in [9.17, 15) is 22.8 Å². The van der Waals surface area contributed by atoms with Gasteiger partial charge in [0.1, 0.15) is 5.75 Å². The van der Waals surface area contributed by atoms with Gasteiger partial charge < -0.3 is 10.1 Å². The number of halogens is 3. The van der Waals surface area contributed by atoms with E-state index in [2.05, 4.69) is 15.0 Å². The Morgan fingerprint density at radius 1 is 1.19 bits per heavy atom. The third-order valence-corrected chi connectivity index (χ3v) is 5.37. The number of nitrogens with one attached hydrogen (secondary N) is 1. The lowest BCUT2D eigenvalue weighted by molar-refractivity contribution is -0.274. The molecule has 1 atom stereocenters. The maximum atomic E-state index is 12.8. The molecule has 0 bridgehead atoms. The number of aromatic nitrogens is 2. The molecule has 2 aromatic carbocycles. The van der Waals surface area contributed by atoms with Gasteiger partial charge in [0.15, 0.2) is 5.16 Å². The first kappa shape index (κ1) is 22.7. The summed E-state index contributed by atoms with van der Waals surface area (Å²) >= 11 is 1.14. The molecule has 31 heavy (non-hydrogen) atoms. The number of nitrogens with zero attached hydrogens (tertiary/aromatic N) is 2. The number of carbonyl (C=O) groups excluding carboxylic acids is 1. The Kier molecular flexibility index (Phi) is 6.89. The van der Waals surface area contributed by atoms with Crippen LogP contribution < -0.4 is 15.6 Å². The Labute approximate surface area is 180 Å². The lowest BCUT2D eigenvalue weighted by Crippen LogP contribution is -2.27. The van der Waals surface area contributed by atoms with E-state index in [4.69, 9.17) is 0 Å². The summed E-state index contributed by atoms with van der Waals surface area (Å²) in [6, 6.07) is 11.9. The van der Waals surface area contributed by atoms with Crippen LogP contribution in [0.5, 0.6) is 5.75 Å². The molecule has 1 aromatic heterocycles. The van der Waals surface area contributed by atoms with Crippen LogP contribution in [0.3, 0.4) is 0 Å². The summed E-state index contributed by atoms with van der Waals surface area (Å²) in [5, 5.41) is 2.98. The average Bonchev–Trinajstić information content (AvgIpc) is 2.71. The molecule has 0 radical (unpaired) electrons. The monoisotopic (exact) mass is 451 g/mol. The molecule has 0 saturated carbocycles. The topological polar surface area (TPSA) is 73.2 Å². The zero-order chi connectivity index (χ0) is 22.6. The van der Waals surface area contributed by atoms with Crippen molar-refractivity contribution in [2.75, 3.05) is 5.32 Å². The number of hydrogen-bond acceptors (Lipinski definition) is 5. The maximum Gasteiger partial charge on any atom is 0.573 e. The van der Waals surface area contributed by atoms with Crippen molar-refractivity contribution in [3.63, 3.8) is 0 Å². The molecule has 1 unspecified atom stereocenters. The van der Waals surface area contributed by atoms with Gasteiger partial charge >= 0.3 is 6.36 Å². The van der Waals surface area contributed by atoms with Crippen LogP contribution >= 0.6 is 11.8 Å². The van der Waals surface area contributed by atoms with Crippen molar-refractivity contribution in [2.45, 2.75) is 43.6 Å². The van der Waals surface area contributed by atoms with Gasteiger partial charge in [0, 0.05) is 12.2 Å². The Hall–Kier alpha value is -3.01. The highest BCUT2D eigenvalue weighted by Gasteiger charge is 2.31. The molecular formula is C21H20F3N3O3S. The molecule has 1 heterocycles. The Morgan fingerprint density at radius 2 is 1.87 bits per heavy atom. The van der Waals surface area contributed by atoms with Crippen molar-refractivity contribution in [1.29, 1.82) is 0 Å². The van der Waals surface area contributed by atoms with Crippen LogP contribution in [0.2, 0.25) is 0 Å². The van der Waals surface area contributed by atoms with Gasteiger partial charge in [0.25, 0.3) is 5.56 Å².